The first-order valence-corrected chi connectivity index (χ1v) is 12.3. The molecule has 1 aliphatic carbocycles. The van der Waals surface area contributed by atoms with Crippen molar-refractivity contribution in [3.05, 3.63) is 65.3 Å². The van der Waals surface area contributed by atoms with Gasteiger partial charge in [-0.25, -0.2) is 14.8 Å². The van der Waals surface area contributed by atoms with Crippen molar-refractivity contribution >= 4 is 44.8 Å². The number of aryl methyl sites for hydroxylation is 1. The van der Waals surface area contributed by atoms with Gasteiger partial charge in [-0.3, -0.25) is 0 Å². The second-order valence-corrected chi connectivity index (χ2v) is 9.52. The number of anilines is 3. The van der Waals surface area contributed by atoms with Gasteiger partial charge in [0.1, 0.15) is 28.5 Å². The minimum Gasteiger partial charge on any atom is -0.497 e. The number of ether oxygens (including phenoxy) is 2. The molecule has 0 aliphatic heterocycles. The van der Waals surface area contributed by atoms with E-state index in [2.05, 4.69) is 25.9 Å². The quantitative estimate of drug-likeness (QED) is 0.323. The Bertz CT molecular complexity index is 1340. The molecular weight excluding hydrogens is 462 g/mol. The number of nitrogens with one attached hydrogen (secondary N) is 3. The molecule has 0 fully saturated rings. The molecule has 2 amide bonds. The molecule has 3 N–H and O–H groups in total. The summed E-state index contributed by atoms with van der Waals surface area (Å²) in [5.41, 5.74) is 2.97. The highest BCUT2D eigenvalue weighted by molar-refractivity contribution is 7.19. The lowest BCUT2D eigenvalue weighted by Crippen LogP contribution is -2.34. The number of methoxy groups -OCH3 is 2. The van der Waals surface area contributed by atoms with E-state index in [9.17, 15) is 4.79 Å². The summed E-state index contributed by atoms with van der Waals surface area (Å²) in [6, 6.07) is 14.9. The van der Waals surface area contributed by atoms with Gasteiger partial charge in [-0.15, -0.1) is 11.3 Å². The summed E-state index contributed by atoms with van der Waals surface area (Å²) in [6.07, 6.45) is 4.45. The fourth-order valence-corrected chi connectivity index (χ4v) is 5.67. The summed E-state index contributed by atoms with van der Waals surface area (Å²) in [4.78, 5) is 23.8. The number of rotatable bonds is 7. The largest absolute Gasteiger partial charge is 0.497 e. The van der Waals surface area contributed by atoms with Crippen molar-refractivity contribution in [2.24, 2.45) is 5.92 Å². The fraction of sp³-hybridized carbons (Fsp3) is 0.269. The van der Waals surface area contributed by atoms with Gasteiger partial charge in [0.05, 0.1) is 19.6 Å². The van der Waals surface area contributed by atoms with E-state index >= 15 is 0 Å². The number of benzene rings is 2. The van der Waals surface area contributed by atoms with Gasteiger partial charge in [-0.1, -0.05) is 6.07 Å². The third-order valence-corrected chi connectivity index (χ3v) is 7.34. The first-order chi connectivity index (χ1) is 17.1. The van der Waals surface area contributed by atoms with E-state index in [0.717, 1.165) is 58.2 Å². The summed E-state index contributed by atoms with van der Waals surface area (Å²) in [6.45, 7) is 0.621. The van der Waals surface area contributed by atoms with Crippen molar-refractivity contribution in [1.82, 2.24) is 15.3 Å². The lowest BCUT2D eigenvalue weighted by molar-refractivity contribution is 0.249. The summed E-state index contributed by atoms with van der Waals surface area (Å²) >= 11 is 1.72. The van der Waals surface area contributed by atoms with Crippen molar-refractivity contribution < 1.29 is 14.3 Å². The summed E-state index contributed by atoms with van der Waals surface area (Å²) in [5.74, 6) is 2.74. The molecule has 0 radical (unpaired) electrons. The van der Waals surface area contributed by atoms with E-state index < -0.39 is 0 Å². The maximum Gasteiger partial charge on any atom is 0.319 e. The Morgan fingerprint density at radius 2 is 1.89 bits per heavy atom. The van der Waals surface area contributed by atoms with Crippen LogP contribution in [0.25, 0.3) is 10.2 Å². The molecule has 2 heterocycles. The van der Waals surface area contributed by atoms with Crippen molar-refractivity contribution in [2.45, 2.75) is 19.3 Å². The second kappa shape index (κ2) is 10.2. The Labute approximate surface area is 207 Å². The molecule has 35 heavy (non-hydrogen) atoms. The van der Waals surface area contributed by atoms with Gasteiger partial charge in [0.2, 0.25) is 0 Å². The van der Waals surface area contributed by atoms with Crippen LogP contribution in [0.3, 0.4) is 0 Å². The number of aromatic nitrogens is 2. The monoisotopic (exact) mass is 489 g/mol. The molecular formula is C26H27N5O3S. The zero-order valence-electron chi connectivity index (χ0n) is 19.6. The predicted octanol–water partition coefficient (Wildman–Crippen LogP) is 5.38. The van der Waals surface area contributed by atoms with Crippen LogP contribution in [0.4, 0.5) is 22.0 Å². The number of hydrogen-bond donors (Lipinski definition) is 3. The molecule has 2 aromatic heterocycles. The van der Waals surface area contributed by atoms with E-state index in [1.54, 1.807) is 31.9 Å². The van der Waals surface area contributed by atoms with Crippen LogP contribution in [0.15, 0.2) is 54.9 Å². The van der Waals surface area contributed by atoms with Crippen LogP contribution in [0.5, 0.6) is 11.5 Å². The molecule has 0 bridgehead atoms. The third kappa shape index (κ3) is 5.14. The predicted molar refractivity (Wildman–Crippen MR) is 139 cm³/mol. The number of thiophene rings is 1. The lowest BCUT2D eigenvalue weighted by Gasteiger charge is -2.23. The minimum atomic E-state index is -0.201. The van der Waals surface area contributed by atoms with Gasteiger partial charge in [0.15, 0.2) is 0 Å². The molecule has 8 nitrogen and oxygen atoms in total. The number of carbonyl (C=O) groups is 1. The molecule has 2 aromatic carbocycles. The van der Waals surface area contributed by atoms with Gasteiger partial charge >= 0.3 is 6.03 Å². The third-order valence-electron chi connectivity index (χ3n) is 6.18. The van der Waals surface area contributed by atoms with Gasteiger partial charge in [0.25, 0.3) is 0 Å². The lowest BCUT2D eigenvalue weighted by atomic mass is 9.88. The number of nitrogens with zero attached hydrogens (tertiary/aromatic N) is 2. The van der Waals surface area contributed by atoms with Crippen molar-refractivity contribution in [2.75, 3.05) is 31.4 Å². The maximum atomic E-state index is 12.4. The van der Waals surface area contributed by atoms with Crippen LogP contribution >= 0.6 is 11.3 Å². The van der Waals surface area contributed by atoms with Crippen LogP contribution in [0.2, 0.25) is 0 Å². The topological polar surface area (TPSA) is 97.4 Å². The zero-order chi connectivity index (χ0) is 24.2. The molecule has 5 rings (SSSR count). The van der Waals surface area contributed by atoms with Crippen molar-refractivity contribution in [3.63, 3.8) is 0 Å². The first kappa shape index (κ1) is 22.9. The molecule has 4 aromatic rings. The Kier molecular flexibility index (Phi) is 6.67. The zero-order valence-corrected chi connectivity index (χ0v) is 20.4. The SMILES string of the molecule is COc1ccc(NC(=O)NCC2CCc3c(sc4ncnc(Nc5cccc(OC)c5)c34)C2)cc1. The van der Waals surface area contributed by atoms with Crippen LogP contribution in [0.1, 0.15) is 16.9 Å². The van der Waals surface area contributed by atoms with Crippen molar-refractivity contribution in [1.29, 1.82) is 0 Å². The fourth-order valence-electron chi connectivity index (χ4n) is 4.37. The molecule has 0 saturated heterocycles. The van der Waals surface area contributed by atoms with Gasteiger partial charge in [-0.05, 0) is 67.1 Å². The van der Waals surface area contributed by atoms with Crippen LogP contribution < -0.4 is 25.4 Å². The maximum absolute atomic E-state index is 12.4. The standard InChI is InChI=1S/C26H27N5O3S/c1-33-19-9-7-17(8-10-19)31-26(32)27-14-16-6-11-21-22(12-16)35-25-23(21)24(28-15-29-25)30-18-4-3-5-20(13-18)34-2/h3-5,7-10,13,15-16H,6,11-12,14H2,1-2H3,(H2,27,31,32)(H,28,29,30). The summed E-state index contributed by atoms with van der Waals surface area (Å²) in [7, 11) is 3.27. The van der Waals surface area contributed by atoms with Crippen LogP contribution in [-0.4, -0.2) is 36.8 Å². The number of amides is 2. The minimum absolute atomic E-state index is 0.201. The van der Waals surface area contributed by atoms with Crippen LogP contribution in [0, 0.1) is 5.92 Å². The van der Waals surface area contributed by atoms with Crippen LogP contribution in [-0.2, 0) is 12.8 Å². The Morgan fingerprint density at radius 3 is 2.69 bits per heavy atom. The van der Waals surface area contributed by atoms with Crippen molar-refractivity contribution in [3.8, 4) is 11.5 Å². The highest BCUT2D eigenvalue weighted by Gasteiger charge is 2.25. The van der Waals surface area contributed by atoms with E-state index in [1.807, 2.05) is 48.5 Å². The Balaban J connectivity index is 1.25. The summed E-state index contributed by atoms with van der Waals surface area (Å²) in [5, 5.41) is 10.4. The highest BCUT2D eigenvalue weighted by Crippen LogP contribution is 2.40. The number of hydrogen-bond acceptors (Lipinski definition) is 7. The number of carbonyl (C=O) groups excluding carboxylic acids is 1. The average molecular weight is 490 g/mol. The van der Waals surface area contributed by atoms with Gasteiger partial charge < -0.3 is 25.4 Å². The Hall–Kier alpha value is -3.85. The van der Waals surface area contributed by atoms with E-state index in [0.29, 0.717) is 12.5 Å². The average Bonchev–Trinajstić information content (AvgIpc) is 3.27. The summed E-state index contributed by atoms with van der Waals surface area (Å²) < 4.78 is 10.5. The number of fused-ring (bicyclic) bond motifs is 3. The molecule has 0 spiro atoms. The normalized spacial score (nSPS) is 14.7. The van der Waals surface area contributed by atoms with Gasteiger partial charge in [0, 0.05) is 28.9 Å². The van der Waals surface area contributed by atoms with E-state index in [4.69, 9.17) is 9.47 Å². The highest BCUT2D eigenvalue weighted by atomic mass is 32.1. The molecule has 180 valence electrons. The molecule has 9 heteroatoms. The smallest absolute Gasteiger partial charge is 0.319 e. The first-order valence-electron chi connectivity index (χ1n) is 11.5. The molecule has 1 aliphatic rings. The number of urea groups is 1. The Morgan fingerprint density at radius 1 is 1.06 bits per heavy atom. The van der Waals surface area contributed by atoms with E-state index in [-0.39, 0.29) is 6.03 Å². The van der Waals surface area contributed by atoms with Gasteiger partial charge in [-0.2, -0.15) is 0 Å². The molecule has 1 unspecified atom stereocenters. The molecule has 0 saturated carbocycles. The molecule has 1 atom stereocenters. The second-order valence-electron chi connectivity index (χ2n) is 8.44. The van der Waals surface area contributed by atoms with E-state index in [1.165, 1.54) is 10.4 Å².